The molecule has 3 aromatic rings. The Morgan fingerprint density at radius 2 is 1.69 bits per heavy atom. The number of carbonyl (C=O) groups is 2. The number of halogens is 2. The molecule has 1 fully saturated rings. The lowest BCUT2D eigenvalue weighted by atomic mass is 10.1. The van der Waals surface area contributed by atoms with Gasteiger partial charge in [-0.3, -0.25) is 14.5 Å². The van der Waals surface area contributed by atoms with Gasteiger partial charge >= 0.3 is 0 Å². The number of rotatable bonds is 8. The van der Waals surface area contributed by atoms with Crippen LogP contribution >= 0.6 is 43.6 Å². The molecule has 8 heteroatoms. The molecule has 35 heavy (non-hydrogen) atoms. The van der Waals surface area contributed by atoms with Gasteiger partial charge < -0.3 is 9.47 Å². The minimum atomic E-state index is -0.313. The van der Waals surface area contributed by atoms with E-state index in [1.54, 1.807) is 6.08 Å². The summed E-state index contributed by atoms with van der Waals surface area (Å²) in [5, 5.41) is -0.286. The molecule has 0 aliphatic carbocycles. The maximum Gasteiger partial charge on any atom is 0.293 e. The lowest BCUT2D eigenvalue weighted by molar-refractivity contribution is -0.123. The predicted octanol–water partition coefficient (Wildman–Crippen LogP) is 7.73. The second-order valence-electron chi connectivity index (χ2n) is 7.89. The summed E-state index contributed by atoms with van der Waals surface area (Å²) in [5.41, 5.74) is 3.73. The first kappa shape index (κ1) is 25.5. The van der Waals surface area contributed by atoms with Crippen LogP contribution < -0.4 is 9.47 Å². The molecule has 0 bridgehead atoms. The fraction of sp³-hybridized carbons (Fsp3) is 0.185. The number of benzene rings is 3. The molecule has 3 aromatic carbocycles. The number of nitrogens with zero attached hydrogens (tertiary/aromatic N) is 1. The van der Waals surface area contributed by atoms with Crippen molar-refractivity contribution in [3.8, 4) is 11.5 Å². The SMILES string of the molecule is CCOc1cc(/C=C2\SC(=O)N(Cc3cccc(C)c3)C2=O)c(Br)c(Br)c1OCc1ccccc1. The third-order valence-corrected chi connectivity index (χ3v) is 8.32. The molecule has 0 N–H and O–H groups in total. The van der Waals surface area contributed by atoms with E-state index in [2.05, 4.69) is 31.9 Å². The highest BCUT2D eigenvalue weighted by atomic mass is 79.9. The summed E-state index contributed by atoms with van der Waals surface area (Å²) in [4.78, 5) is 27.3. The van der Waals surface area contributed by atoms with E-state index >= 15 is 0 Å². The van der Waals surface area contributed by atoms with E-state index < -0.39 is 0 Å². The standard InChI is InChI=1S/C27H23Br2NO4S/c1-3-33-21-13-20(23(28)24(29)25(21)34-16-18-9-5-4-6-10-18)14-22-26(31)30(27(32)35-22)15-19-11-7-8-17(2)12-19/h4-14H,3,15-16H2,1-2H3/b22-14-. The van der Waals surface area contributed by atoms with Crippen LogP contribution in [0.1, 0.15) is 29.2 Å². The van der Waals surface area contributed by atoms with Crippen molar-refractivity contribution in [2.24, 2.45) is 0 Å². The van der Waals surface area contributed by atoms with Crippen molar-refractivity contribution in [2.45, 2.75) is 27.0 Å². The molecule has 0 spiro atoms. The van der Waals surface area contributed by atoms with Gasteiger partial charge in [-0.15, -0.1) is 0 Å². The van der Waals surface area contributed by atoms with E-state index in [1.807, 2.05) is 74.5 Å². The van der Waals surface area contributed by atoms with Gasteiger partial charge in [-0.25, -0.2) is 0 Å². The molecule has 2 amide bonds. The summed E-state index contributed by atoms with van der Waals surface area (Å²) in [7, 11) is 0. The lowest BCUT2D eigenvalue weighted by Gasteiger charge is -2.17. The fourth-order valence-electron chi connectivity index (χ4n) is 3.61. The second kappa shape index (κ2) is 11.5. The van der Waals surface area contributed by atoms with Crippen LogP contribution in [0.2, 0.25) is 0 Å². The van der Waals surface area contributed by atoms with Crippen molar-refractivity contribution in [2.75, 3.05) is 6.61 Å². The largest absolute Gasteiger partial charge is 0.490 e. The Morgan fingerprint density at radius 3 is 2.40 bits per heavy atom. The van der Waals surface area contributed by atoms with Crippen molar-refractivity contribution in [3.05, 3.63) is 96.8 Å². The van der Waals surface area contributed by atoms with Crippen LogP contribution in [0, 0.1) is 6.92 Å². The average Bonchev–Trinajstić information content (AvgIpc) is 3.10. The number of hydrogen-bond acceptors (Lipinski definition) is 5. The van der Waals surface area contributed by atoms with Gasteiger partial charge in [0.2, 0.25) is 0 Å². The molecule has 0 unspecified atom stereocenters. The normalized spacial score (nSPS) is 14.6. The van der Waals surface area contributed by atoms with E-state index in [9.17, 15) is 9.59 Å². The average molecular weight is 617 g/mol. The molecule has 5 nitrogen and oxygen atoms in total. The van der Waals surface area contributed by atoms with Crippen LogP contribution in [0.4, 0.5) is 4.79 Å². The molecule has 1 aliphatic rings. The second-order valence-corrected chi connectivity index (χ2v) is 10.5. The van der Waals surface area contributed by atoms with Crippen LogP contribution in [0.25, 0.3) is 6.08 Å². The summed E-state index contributed by atoms with van der Waals surface area (Å²) in [6.07, 6.45) is 1.71. The lowest BCUT2D eigenvalue weighted by Crippen LogP contribution is -2.27. The van der Waals surface area contributed by atoms with E-state index in [-0.39, 0.29) is 17.7 Å². The molecule has 0 aromatic heterocycles. The Hall–Kier alpha value is -2.55. The van der Waals surface area contributed by atoms with Crippen LogP contribution in [-0.2, 0) is 17.9 Å². The van der Waals surface area contributed by atoms with Crippen molar-refractivity contribution in [3.63, 3.8) is 0 Å². The van der Waals surface area contributed by atoms with Crippen LogP contribution in [-0.4, -0.2) is 22.7 Å². The summed E-state index contributed by atoms with van der Waals surface area (Å²) >= 11 is 8.17. The predicted molar refractivity (Wildman–Crippen MR) is 146 cm³/mol. The molecular weight excluding hydrogens is 594 g/mol. The quantitative estimate of drug-likeness (QED) is 0.242. The molecule has 1 heterocycles. The zero-order chi connectivity index (χ0) is 24.9. The first-order chi connectivity index (χ1) is 16.9. The molecular formula is C27H23Br2NO4S. The molecule has 0 radical (unpaired) electrons. The molecule has 0 atom stereocenters. The number of ether oxygens (including phenoxy) is 2. The zero-order valence-corrected chi connectivity index (χ0v) is 23.2. The van der Waals surface area contributed by atoms with Gasteiger partial charge in [0.15, 0.2) is 11.5 Å². The van der Waals surface area contributed by atoms with E-state index in [0.29, 0.717) is 44.1 Å². The molecule has 1 aliphatic heterocycles. The van der Waals surface area contributed by atoms with Gasteiger partial charge in [-0.05, 0) is 86.3 Å². The smallest absolute Gasteiger partial charge is 0.293 e. The van der Waals surface area contributed by atoms with Gasteiger partial charge in [0.1, 0.15) is 6.61 Å². The number of hydrogen-bond donors (Lipinski definition) is 0. The zero-order valence-electron chi connectivity index (χ0n) is 19.2. The maximum absolute atomic E-state index is 13.1. The third kappa shape index (κ3) is 6.00. The van der Waals surface area contributed by atoms with Crippen LogP contribution in [0.15, 0.2) is 74.5 Å². The van der Waals surface area contributed by atoms with Gasteiger partial charge in [0.25, 0.3) is 11.1 Å². The molecule has 180 valence electrons. The number of aryl methyl sites for hydroxylation is 1. The summed E-state index contributed by atoms with van der Waals surface area (Å²) < 4.78 is 13.3. The number of amides is 2. The summed E-state index contributed by atoms with van der Waals surface area (Å²) in [6.45, 7) is 4.94. The summed E-state index contributed by atoms with van der Waals surface area (Å²) in [6, 6.07) is 19.5. The van der Waals surface area contributed by atoms with E-state index in [4.69, 9.17) is 9.47 Å². The Morgan fingerprint density at radius 1 is 0.943 bits per heavy atom. The molecule has 4 rings (SSSR count). The van der Waals surface area contributed by atoms with Crippen molar-refractivity contribution in [1.29, 1.82) is 0 Å². The topological polar surface area (TPSA) is 55.8 Å². The highest BCUT2D eigenvalue weighted by Gasteiger charge is 2.35. The third-order valence-electron chi connectivity index (χ3n) is 5.27. The van der Waals surface area contributed by atoms with Gasteiger partial charge in [0, 0.05) is 4.47 Å². The minimum absolute atomic E-state index is 0.241. The van der Waals surface area contributed by atoms with E-state index in [0.717, 1.165) is 28.5 Å². The Labute approximate surface area is 225 Å². The van der Waals surface area contributed by atoms with Crippen LogP contribution in [0.3, 0.4) is 0 Å². The maximum atomic E-state index is 13.1. The number of imide groups is 1. The van der Waals surface area contributed by atoms with Gasteiger partial charge in [-0.1, -0.05) is 60.2 Å². The molecule has 0 saturated carbocycles. The first-order valence-electron chi connectivity index (χ1n) is 11.0. The number of carbonyl (C=O) groups excluding carboxylic acids is 2. The number of thioether (sulfide) groups is 1. The van der Waals surface area contributed by atoms with E-state index in [1.165, 1.54) is 4.90 Å². The van der Waals surface area contributed by atoms with Crippen molar-refractivity contribution < 1.29 is 19.1 Å². The van der Waals surface area contributed by atoms with Crippen molar-refractivity contribution >= 4 is 60.8 Å². The Balaban J connectivity index is 1.61. The Kier molecular flexibility index (Phi) is 8.36. The fourth-order valence-corrected chi connectivity index (χ4v) is 5.38. The monoisotopic (exact) mass is 615 g/mol. The van der Waals surface area contributed by atoms with Crippen molar-refractivity contribution in [1.82, 2.24) is 4.90 Å². The van der Waals surface area contributed by atoms with Crippen LogP contribution in [0.5, 0.6) is 11.5 Å². The first-order valence-corrected chi connectivity index (χ1v) is 13.4. The van der Waals surface area contributed by atoms with Gasteiger partial charge in [0.05, 0.1) is 22.5 Å². The Bertz CT molecular complexity index is 1290. The highest BCUT2D eigenvalue weighted by Crippen LogP contribution is 2.45. The minimum Gasteiger partial charge on any atom is -0.490 e. The molecule has 1 saturated heterocycles. The summed E-state index contributed by atoms with van der Waals surface area (Å²) in [5.74, 6) is 0.794. The van der Waals surface area contributed by atoms with Gasteiger partial charge in [-0.2, -0.15) is 0 Å². The highest BCUT2D eigenvalue weighted by molar-refractivity contribution is 9.13.